The molecule has 0 saturated carbocycles. The summed E-state index contributed by atoms with van der Waals surface area (Å²) in [4.78, 5) is 12.6. The molecule has 0 atom stereocenters. The third-order valence-electron chi connectivity index (χ3n) is 2.59. The number of carbonyl (C=O) groups excluding carboxylic acids is 1. The van der Waals surface area contributed by atoms with Crippen LogP contribution in [-0.4, -0.2) is 10.2 Å². The highest BCUT2D eigenvalue weighted by Crippen LogP contribution is 2.23. The first-order valence-corrected chi connectivity index (χ1v) is 6.85. The molecule has 2 nitrogen and oxygen atoms in total. The van der Waals surface area contributed by atoms with Crippen molar-refractivity contribution in [1.82, 2.24) is 4.37 Å². The number of hydrogen-bond donors (Lipinski definition) is 0. The molecule has 0 radical (unpaired) electrons. The number of carbonyl (C=O) groups is 1. The molecular formula is C13H12BrNOS. The predicted octanol–water partition coefficient (Wildman–Crippen LogP) is 4.01. The van der Waals surface area contributed by atoms with Crippen LogP contribution in [0.25, 0.3) is 0 Å². The molecule has 0 spiro atoms. The first kappa shape index (κ1) is 12.5. The fraction of sp³-hybridized carbons (Fsp3) is 0.231. The summed E-state index contributed by atoms with van der Waals surface area (Å²) in [6.07, 6.45) is 0.761. The van der Waals surface area contributed by atoms with E-state index in [0.29, 0.717) is 5.69 Å². The highest BCUT2D eigenvalue weighted by molar-refractivity contribution is 9.10. The summed E-state index contributed by atoms with van der Waals surface area (Å²) in [5.74, 6) is 0.0411. The molecule has 0 aliphatic heterocycles. The second-order valence-electron chi connectivity index (χ2n) is 3.93. The van der Waals surface area contributed by atoms with Crippen LogP contribution in [0.2, 0.25) is 0 Å². The number of aromatic nitrogens is 1. The Hall–Kier alpha value is -1.00. The molecule has 0 unspecified atom stereocenters. The SMILES string of the molecule is CC(=O)c1nsc(C)c1Cc1cccc(Br)c1. The van der Waals surface area contributed by atoms with Crippen molar-refractivity contribution < 1.29 is 4.79 Å². The van der Waals surface area contributed by atoms with Crippen molar-refractivity contribution in [3.8, 4) is 0 Å². The van der Waals surface area contributed by atoms with Gasteiger partial charge in [-0.3, -0.25) is 4.79 Å². The Morgan fingerprint density at radius 1 is 1.47 bits per heavy atom. The minimum atomic E-state index is 0.0411. The zero-order valence-electron chi connectivity index (χ0n) is 9.66. The van der Waals surface area contributed by atoms with Gasteiger partial charge in [-0.05, 0) is 36.2 Å². The maximum absolute atomic E-state index is 11.5. The molecule has 1 aromatic carbocycles. The van der Waals surface area contributed by atoms with E-state index in [0.717, 1.165) is 21.3 Å². The molecule has 0 saturated heterocycles. The van der Waals surface area contributed by atoms with Gasteiger partial charge in [-0.25, -0.2) is 0 Å². The molecule has 0 aliphatic rings. The van der Waals surface area contributed by atoms with Crippen LogP contribution in [0, 0.1) is 6.92 Å². The van der Waals surface area contributed by atoms with Crippen LogP contribution >= 0.6 is 27.5 Å². The molecule has 0 amide bonds. The van der Waals surface area contributed by atoms with Crippen LogP contribution in [0.15, 0.2) is 28.7 Å². The molecule has 0 bridgehead atoms. The van der Waals surface area contributed by atoms with E-state index in [1.807, 2.05) is 19.1 Å². The summed E-state index contributed by atoms with van der Waals surface area (Å²) < 4.78 is 5.27. The number of ketones is 1. The Morgan fingerprint density at radius 2 is 2.24 bits per heavy atom. The van der Waals surface area contributed by atoms with Crippen LogP contribution in [0.3, 0.4) is 0 Å². The van der Waals surface area contributed by atoms with Gasteiger partial charge in [-0.1, -0.05) is 28.1 Å². The van der Waals surface area contributed by atoms with Gasteiger partial charge in [-0.15, -0.1) is 0 Å². The van der Waals surface area contributed by atoms with Gasteiger partial charge in [0.15, 0.2) is 5.78 Å². The summed E-state index contributed by atoms with van der Waals surface area (Å²) in [5.41, 5.74) is 2.86. The second-order valence-corrected chi connectivity index (χ2v) is 5.82. The highest BCUT2D eigenvalue weighted by atomic mass is 79.9. The number of aryl methyl sites for hydroxylation is 1. The van der Waals surface area contributed by atoms with E-state index in [2.05, 4.69) is 32.4 Å². The van der Waals surface area contributed by atoms with Gasteiger partial charge in [0.2, 0.25) is 0 Å². The van der Waals surface area contributed by atoms with E-state index in [4.69, 9.17) is 0 Å². The van der Waals surface area contributed by atoms with Crippen LogP contribution in [0.1, 0.15) is 33.4 Å². The molecule has 0 aliphatic carbocycles. The Kier molecular flexibility index (Phi) is 3.74. The molecule has 0 N–H and O–H groups in total. The van der Waals surface area contributed by atoms with Gasteiger partial charge < -0.3 is 0 Å². The minimum Gasteiger partial charge on any atom is -0.293 e. The number of rotatable bonds is 3. The lowest BCUT2D eigenvalue weighted by Crippen LogP contribution is -2.00. The fourth-order valence-corrected chi connectivity index (χ4v) is 2.92. The van der Waals surface area contributed by atoms with E-state index in [9.17, 15) is 4.79 Å². The van der Waals surface area contributed by atoms with Gasteiger partial charge in [0.05, 0.1) is 0 Å². The highest BCUT2D eigenvalue weighted by Gasteiger charge is 2.14. The normalized spacial score (nSPS) is 10.5. The molecule has 17 heavy (non-hydrogen) atoms. The summed E-state index contributed by atoms with van der Waals surface area (Å²) in [5, 5.41) is 0. The Balaban J connectivity index is 2.36. The Morgan fingerprint density at radius 3 is 2.88 bits per heavy atom. The number of nitrogens with zero attached hydrogens (tertiary/aromatic N) is 1. The molecule has 4 heteroatoms. The van der Waals surface area contributed by atoms with E-state index in [-0.39, 0.29) is 5.78 Å². The average molecular weight is 310 g/mol. The summed E-state index contributed by atoms with van der Waals surface area (Å²) in [7, 11) is 0. The first-order chi connectivity index (χ1) is 8.08. The molecule has 2 aromatic rings. The van der Waals surface area contributed by atoms with Gasteiger partial charge >= 0.3 is 0 Å². The van der Waals surface area contributed by atoms with Crippen molar-refractivity contribution in [2.75, 3.05) is 0 Å². The first-order valence-electron chi connectivity index (χ1n) is 5.28. The van der Waals surface area contributed by atoms with Gasteiger partial charge in [-0.2, -0.15) is 4.37 Å². The minimum absolute atomic E-state index is 0.0411. The monoisotopic (exact) mass is 309 g/mol. The van der Waals surface area contributed by atoms with Crippen LogP contribution in [-0.2, 0) is 6.42 Å². The number of hydrogen-bond acceptors (Lipinski definition) is 3. The predicted molar refractivity (Wildman–Crippen MR) is 73.8 cm³/mol. The summed E-state index contributed by atoms with van der Waals surface area (Å²) >= 11 is 4.85. The zero-order chi connectivity index (χ0) is 12.4. The van der Waals surface area contributed by atoms with Crippen LogP contribution < -0.4 is 0 Å². The molecule has 1 aromatic heterocycles. The van der Waals surface area contributed by atoms with Crippen molar-refractivity contribution in [1.29, 1.82) is 0 Å². The average Bonchev–Trinajstić information content (AvgIpc) is 2.61. The second kappa shape index (κ2) is 5.10. The molecule has 2 rings (SSSR count). The maximum Gasteiger partial charge on any atom is 0.179 e. The quantitative estimate of drug-likeness (QED) is 0.802. The Bertz CT molecular complexity index is 562. The Labute approximate surface area is 113 Å². The van der Waals surface area contributed by atoms with Crippen LogP contribution in [0.4, 0.5) is 0 Å². The van der Waals surface area contributed by atoms with E-state index in [1.165, 1.54) is 17.1 Å². The zero-order valence-corrected chi connectivity index (χ0v) is 12.1. The summed E-state index contributed by atoms with van der Waals surface area (Å²) in [6.45, 7) is 3.58. The van der Waals surface area contributed by atoms with E-state index in [1.54, 1.807) is 6.92 Å². The van der Waals surface area contributed by atoms with Crippen molar-refractivity contribution in [3.05, 3.63) is 50.4 Å². The van der Waals surface area contributed by atoms with Crippen LogP contribution in [0.5, 0.6) is 0 Å². The fourth-order valence-electron chi connectivity index (χ4n) is 1.73. The number of halogens is 1. The topological polar surface area (TPSA) is 30.0 Å². The van der Waals surface area contributed by atoms with Crippen molar-refractivity contribution >= 4 is 33.2 Å². The third-order valence-corrected chi connectivity index (χ3v) is 3.88. The molecule has 88 valence electrons. The van der Waals surface area contributed by atoms with E-state index < -0.39 is 0 Å². The number of Topliss-reactive ketones (excluding diaryl/α,β-unsaturated/α-hetero) is 1. The molecule has 0 fully saturated rings. The van der Waals surface area contributed by atoms with Crippen molar-refractivity contribution in [3.63, 3.8) is 0 Å². The third kappa shape index (κ3) is 2.82. The smallest absolute Gasteiger partial charge is 0.179 e. The molecule has 1 heterocycles. The summed E-state index contributed by atoms with van der Waals surface area (Å²) in [6, 6.07) is 8.13. The lowest BCUT2D eigenvalue weighted by Gasteiger charge is -2.03. The lowest BCUT2D eigenvalue weighted by atomic mass is 10.0. The molecular weight excluding hydrogens is 298 g/mol. The van der Waals surface area contributed by atoms with Crippen molar-refractivity contribution in [2.24, 2.45) is 0 Å². The largest absolute Gasteiger partial charge is 0.293 e. The maximum atomic E-state index is 11.5. The van der Waals surface area contributed by atoms with Gasteiger partial charge in [0.1, 0.15) is 5.69 Å². The van der Waals surface area contributed by atoms with E-state index >= 15 is 0 Å². The van der Waals surface area contributed by atoms with Gasteiger partial charge in [0, 0.05) is 28.3 Å². The van der Waals surface area contributed by atoms with Gasteiger partial charge in [0.25, 0.3) is 0 Å². The standard InChI is InChI=1S/C13H12BrNOS/c1-8(16)13-12(9(2)17-15-13)7-10-4-3-5-11(14)6-10/h3-6H,7H2,1-2H3. The number of benzene rings is 1. The van der Waals surface area contributed by atoms with Crippen molar-refractivity contribution in [2.45, 2.75) is 20.3 Å². The lowest BCUT2D eigenvalue weighted by molar-refractivity contribution is 0.101.